The Labute approximate surface area is 293 Å². The van der Waals surface area contributed by atoms with Gasteiger partial charge in [-0.15, -0.1) is 0 Å². The van der Waals surface area contributed by atoms with Gasteiger partial charge < -0.3 is 19.9 Å². The first-order valence-corrected chi connectivity index (χ1v) is 17.9. The van der Waals surface area contributed by atoms with Crippen molar-refractivity contribution in [1.82, 2.24) is 34.9 Å². The van der Waals surface area contributed by atoms with Crippen LogP contribution in [0.4, 0.5) is 23.4 Å². The van der Waals surface area contributed by atoms with Gasteiger partial charge in [0.25, 0.3) is 0 Å². The van der Waals surface area contributed by atoms with E-state index in [-0.39, 0.29) is 23.8 Å². The van der Waals surface area contributed by atoms with Gasteiger partial charge in [-0.3, -0.25) is 24.5 Å². The smallest absolute Gasteiger partial charge is 0.234 e. The highest BCUT2D eigenvalue weighted by Crippen LogP contribution is 2.33. The summed E-state index contributed by atoms with van der Waals surface area (Å²) in [5, 5.41) is 12.0. The second kappa shape index (κ2) is 14.7. The number of rotatable bonds is 10. The molecule has 50 heavy (non-hydrogen) atoms. The molecule has 13 nitrogen and oxygen atoms in total. The molecule has 1 aromatic carbocycles. The van der Waals surface area contributed by atoms with Crippen LogP contribution in [0.25, 0.3) is 10.9 Å². The molecule has 7 rings (SSSR count). The molecule has 0 bridgehead atoms. The number of pyridine rings is 1. The van der Waals surface area contributed by atoms with Crippen LogP contribution in [0.1, 0.15) is 75.5 Å². The molecule has 3 fully saturated rings. The summed E-state index contributed by atoms with van der Waals surface area (Å²) >= 11 is 0. The van der Waals surface area contributed by atoms with Crippen molar-refractivity contribution in [3.05, 3.63) is 59.9 Å². The summed E-state index contributed by atoms with van der Waals surface area (Å²) < 4.78 is 7.62. The quantitative estimate of drug-likeness (QED) is 0.224. The predicted octanol–water partition coefficient (Wildman–Crippen LogP) is 4.78. The standard InChI is InChI=1S/C37H48N10O3/c1-24(2)47-31-21-33(40-32-11-16-38-37(41-32)46-19-14-28(50-4)15-20-46)39-22-30(31)35(43-47)45-17-12-27(13-18-45)44(3)23-25-5-7-26(8-6-25)29-9-10-34(48)42-36(29)49/h5-8,11,16,21-22,24,27-29H,9-10,12-15,17-20,23H2,1-4H3,(H,42,48,49)(H,38,39,40,41). The maximum atomic E-state index is 12.3. The van der Waals surface area contributed by atoms with Gasteiger partial charge in [0.1, 0.15) is 11.6 Å². The molecule has 2 N–H and O–H groups in total. The van der Waals surface area contributed by atoms with Crippen LogP contribution in [-0.4, -0.2) is 93.9 Å². The number of carbonyl (C=O) groups is 2. The van der Waals surface area contributed by atoms with Crippen LogP contribution in [0.2, 0.25) is 0 Å². The monoisotopic (exact) mass is 680 g/mol. The molecular formula is C37H48N10O3. The van der Waals surface area contributed by atoms with Crippen LogP contribution in [0.15, 0.2) is 48.8 Å². The summed E-state index contributed by atoms with van der Waals surface area (Å²) in [6.07, 6.45) is 9.00. The number of carbonyl (C=O) groups excluding carboxylic acids is 2. The summed E-state index contributed by atoms with van der Waals surface area (Å²) in [7, 11) is 3.97. The first-order chi connectivity index (χ1) is 24.2. The molecule has 6 heterocycles. The normalized spacial score (nSPS) is 19.5. The number of benzene rings is 1. The average Bonchev–Trinajstić information content (AvgIpc) is 3.52. The third kappa shape index (κ3) is 7.29. The van der Waals surface area contributed by atoms with Crippen molar-refractivity contribution >= 4 is 46.1 Å². The maximum Gasteiger partial charge on any atom is 0.234 e. The molecule has 3 aliphatic heterocycles. The molecule has 0 radical (unpaired) electrons. The van der Waals surface area contributed by atoms with Gasteiger partial charge in [0.15, 0.2) is 5.82 Å². The van der Waals surface area contributed by atoms with Crippen molar-refractivity contribution < 1.29 is 14.3 Å². The molecule has 13 heteroatoms. The van der Waals surface area contributed by atoms with E-state index in [2.05, 4.69) is 74.1 Å². The van der Waals surface area contributed by atoms with E-state index in [1.807, 2.05) is 24.4 Å². The Kier molecular flexibility index (Phi) is 9.95. The number of amides is 2. The Morgan fingerprint density at radius 3 is 2.40 bits per heavy atom. The van der Waals surface area contributed by atoms with Gasteiger partial charge in [0.2, 0.25) is 17.8 Å². The van der Waals surface area contributed by atoms with Crippen LogP contribution < -0.4 is 20.4 Å². The number of imide groups is 1. The number of piperidine rings is 3. The van der Waals surface area contributed by atoms with Gasteiger partial charge in [0, 0.05) is 76.8 Å². The Bertz CT molecular complexity index is 1810. The molecule has 0 saturated carbocycles. The summed E-state index contributed by atoms with van der Waals surface area (Å²) in [5.74, 6) is 2.51. The highest BCUT2D eigenvalue weighted by atomic mass is 16.5. The fourth-order valence-corrected chi connectivity index (χ4v) is 7.51. The Morgan fingerprint density at radius 1 is 0.960 bits per heavy atom. The van der Waals surface area contributed by atoms with E-state index in [1.165, 1.54) is 5.56 Å². The van der Waals surface area contributed by atoms with E-state index in [9.17, 15) is 9.59 Å². The maximum absolute atomic E-state index is 12.3. The highest BCUT2D eigenvalue weighted by molar-refractivity contribution is 6.01. The number of methoxy groups -OCH3 is 1. The first kappa shape index (κ1) is 33.9. The zero-order valence-electron chi connectivity index (χ0n) is 29.5. The predicted molar refractivity (Wildman–Crippen MR) is 194 cm³/mol. The Morgan fingerprint density at radius 2 is 1.70 bits per heavy atom. The van der Waals surface area contributed by atoms with Crippen molar-refractivity contribution in [3.63, 3.8) is 0 Å². The lowest BCUT2D eigenvalue weighted by atomic mass is 9.90. The lowest BCUT2D eigenvalue weighted by molar-refractivity contribution is -0.134. The summed E-state index contributed by atoms with van der Waals surface area (Å²) in [6, 6.07) is 12.9. The van der Waals surface area contributed by atoms with E-state index < -0.39 is 0 Å². The number of hydrogen-bond donors (Lipinski definition) is 2. The third-order valence-electron chi connectivity index (χ3n) is 10.5. The topological polar surface area (TPSA) is 134 Å². The van der Waals surface area contributed by atoms with Gasteiger partial charge in [-0.2, -0.15) is 10.1 Å². The molecule has 1 atom stereocenters. The average molecular weight is 681 g/mol. The van der Waals surface area contributed by atoms with Gasteiger partial charge in [-0.25, -0.2) is 9.97 Å². The summed E-state index contributed by atoms with van der Waals surface area (Å²) in [5.41, 5.74) is 3.23. The summed E-state index contributed by atoms with van der Waals surface area (Å²) in [4.78, 5) is 45.0. The number of aromatic nitrogens is 5. The van der Waals surface area contributed by atoms with E-state index in [0.717, 1.165) is 92.5 Å². The van der Waals surface area contributed by atoms with Crippen LogP contribution in [0, 0.1) is 0 Å². The fourth-order valence-electron chi connectivity index (χ4n) is 7.51. The third-order valence-corrected chi connectivity index (χ3v) is 10.5. The lowest BCUT2D eigenvalue weighted by Crippen LogP contribution is -2.43. The fraction of sp³-hybridized carbons (Fsp3) is 0.514. The van der Waals surface area contributed by atoms with Crippen molar-refractivity contribution in [2.45, 2.75) is 83.0 Å². The molecule has 3 aromatic heterocycles. The minimum Gasteiger partial charge on any atom is -0.381 e. The number of fused-ring (bicyclic) bond motifs is 1. The SMILES string of the molecule is COC1CCN(c2nccc(Nc3cc4c(cn3)c(N3CCC(N(C)Cc5ccc(C6CCC(=O)NC6=O)cc5)CC3)nn4C(C)C)n2)CC1. The molecular weight excluding hydrogens is 632 g/mol. The largest absolute Gasteiger partial charge is 0.381 e. The second-order valence-electron chi connectivity index (χ2n) is 14.1. The van der Waals surface area contributed by atoms with E-state index in [1.54, 1.807) is 13.3 Å². The second-order valence-corrected chi connectivity index (χ2v) is 14.1. The van der Waals surface area contributed by atoms with Crippen LogP contribution >= 0.6 is 0 Å². The van der Waals surface area contributed by atoms with Crippen molar-refractivity contribution in [1.29, 1.82) is 0 Å². The molecule has 0 aliphatic carbocycles. The zero-order chi connectivity index (χ0) is 34.8. The van der Waals surface area contributed by atoms with Gasteiger partial charge in [-0.05, 0) is 70.2 Å². The highest BCUT2D eigenvalue weighted by Gasteiger charge is 2.29. The minimum absolute atomic E-state index is 0.182. The van der Waals surface area contributed by atoms with E-state index >= 15 is 0 Å². The van der Waals surface area contributed by atoms with Gasteiger partial charge in [-0.1, -0.05) is 24.3 Å². The van der Waals surface area contributed by atoms with Crippen molar-refractivity contribution in [2.75, 3.05) is 55.5 Å². The molecule has 4 aromatic rings. The molecule has 264 valence electrons. The van der Waals surface area contributed by atoms with Crippen molar-refractivity contribution in [3.8, 4) is 0 Å². The molecule has 0 spiro atoms. The van der Waals surface area contributed by atoms with Gasteiger partial charge in [0.05, 0.1) is 22.9 Å². The molecule has 2 amide bonds. The molecule has 3 saturated heterocycles. The number of anilines is 4. The minimum atomic E-state index is -0.251. The lowest BCUT2D eigenvalue weighted by Gasteiger charge is -2.37. The number of ether oxygens (including phenoxy) is 1. The van der Waals surface area contributed by atoms with E-state index in [0.29, 0.717) is 30.8 Å². The van der Waals surface area contributed by atoms with Crippen LogP contribution in [0.3, 0.4) is 0 Å². The molecule has 1 unspecified atom stereocenters. The summed E-state index contributed by atoms with van der Waals surface area (Å²) in [6.45, 7) is 8.73. The van der Waals surface area contributed by atoms with Crippen LogP contribution in [0.5, 0.6) is 0 Å². The van der Waals surface area contributed by atoms with E-state index in [4.69, 9.17) is 19.8 Å². The number of nitrogens with zero attached hydrogens (tertiary/aromatic N) is 8. The van der Waals surface area contributed by atoms with Gasteiger partial charge >= 0.3 is 0 Å². The molecule has 3 aliphatic rings. The number of nitrogens with one attached hydrogen (secondary N) is 2. The number of hydrogen-bond acceptors (Lipinski definition) is 11. The Hall–Kier alpha value is -4.62. The zero-order valence-corrected chi connectivity index (χ0v) is 29.5. The van der Waals surface area contributed by atoms with Crippen molar-refractivity contribution in [2.24, 2.45) is 0 Å². The Balaban J connectivity index is 0.984. The first-order valence-electron chi connectivity index (χ1n) is 17.9. The van der Waals surface area contributed by atoms with Crippen LogP contribution in [-0.2, 0) is 20.9 Å².